The minimum atomic E-state index is -0.739. The van der Waals surface area contributed by atoms with Crippen molar-refractivity contribution in [2.24, 2.45) is 0 Å². The molecule has 2 atom stereocenters. The third-order valence-electron chi connectivity index (χ3n) is 1.95. The Balaban J connectivity index is 2.45. The van der Waals surface area contributed by atoms with Crippen LogP contribution in [0, 0.1) is 0 Å². The van der Waals surface area contributed by atoms with Crippen LogP contribution in [0.4, 0.5) is 0 Å². The van der Waals surface area contributed by atoms with E-state index in [2.05, 4.69) is 21.5 Å². The van der Waals surface area contributed by atoms with Gasteiger partial charge in [-0.3, -0.25) is 25.6 Å². The SMILES string of the molecule is CC(C)OC(=O)C(C)NC1NNC(=S)NC1=O. The topological polar surface area (TPSA) is 91.5 Å². The number of esters is 1. The molecule has 1 aliphatic heterocycles. The molecule has 1 fully saturated rings. The first-order chi connectivity index (χ1) is 7.90. The second-order valence-corrected chi connectivity index (χ2v) is 4.30. The van der Waals surface area contributed by atoms with Crippen molar-refractivity contribution in [3.8, 4) is 0 Å². The van der Waals surface area contributed by atoms with Crippen LogP contribution >= 0.6 is 12.2 Å². The summed E-state index contributed by atoms with van der Waals surface area (Å²) < 4.78 is 5.00. The third kappa shape index (κ3) is 4.25. The van der Waals surface area contributed by atoms with Crippen LogP contribution in [-0.2, 0) is 14.3 Å². The zero-order valence-corrected chi connectivity index (χ0v) is 10.7. The molecule has 0 aromatic heterocycles. The molecule has 1 rings (SSSR count). The van der Waals surface area contributed by atoms with Crippen molar-refractivity contribution in [1.82, 2.24) is 21.5 Å². The molecule has 0 saturated carbocycles. The van der Waals surface area contributed by atoms with E-state index < -0.39 is 18.2 Å². The predicted molar refractivity (Wildman–Crippen MR) is 64.6 cm³/mol. The lowest BCUT2D eigenvalue weighted by Gasteiger charge is -2.28. The van der Waals surface area contributed by atoms with Crippen LogP contribution in [-0.4, -0.2) is 35.3 Å². The van der Waals surface area contributed by atoms with Crippen LogP contribution < -0.4 is 21.5 Å². The van der Waals surface area contributed by atoms with Gasteiger partial charge in [0.25, 0.3) is 5.91 Å². The Morgan fingerprint density at radius 2 is 2.12 bits per heavy atom. The molecule has 96 valence electrons. The van der Waals surface area contributed by atoms with Gasteiger partial charge in [0.15, 0.2) is 11.3 Å². The van der Waals surface area contributed by atoms with Gasteiger partial charge in [-0.1, -0.05) is 0 Å². The number of thiocarbonyl (C=S) groups is 1. The highest BCUT2D eigenvalue weighted by atomic mass is 32.1. The van der Waals surface area contributed by atoms with Crippen LogP contribution in [0.2, 0.25) is 0 Å². The van der Waals surface area contributed by atoms with Crippen molar-refractivity contribution < 1.29 is 14.3 Å². The summed E-state index contributed by atoms with van der Waals surface area (Å²) in [5.74, 6) is -0.763. The second kappa shape index (κ2) is 5.89. The van der Waals surface area contributed by atoms with Crippen LogP contribution in [0.5, 0.6) is 0 Å². The number of hydrogen-bond acceptors (Lipinski definition) is 6. The Bertz CT molecular complexity index is 334. The average molecular weight is 260 g/mol. The minimum absolute atomic E-state index is 0.189. The van der Waals surface area contributed by atoms with Crippen LogP contribution in [0.3, 0.4) is 0 Å². The fourth-order valence-corrected chi connectivity index (χ4v) is 1.35. The number of carbonyl (C=O) groups is 2. The molecular weight excluding hydrogens is 244 g/mol. The Hall–Kier alpha value is -1.25. The van der Waals surface area contributed by atoms with E-state index in [-0.39, 0.29) is 17.1 Å². The summed E-state index contributed by atoms with van der Waals surface area (Å²) in [5.41, 5.74) is 5.22. The van der Waals surface area contributed by atoms with Gasteiger partial charge < -0.3 is 4.74 Å². The maximum Gasteiger partial charge on any atom is 0.323 e. The van der Waals surface area contributed by atoms with E-state index in [0.717, 1.165) is 0 Å². The molecule has 1 amide bonds. The highest BCUT2D eigenvalue weighted by molar-refractivity contribution is 7.80. The first-order valence-corrected chi connectivity index (χ1v) is 5.64. The molecular formula is C9H16N4O3S. The summed E-state index contributed by atoms with van der Waals surface area (Å²) in [4.78, 5) is 23.0. The van der Waals surface area contributed by atoms with Crippen molar-refractivity contribution >= 4 is 29.2 Å². The number of hydrogen-bond donors (Lipinski definition) is 4. The largest absolute Gasteiger partial charge is 0.462 e. The molecule has 8 heteroatoms. The lowest BCUT2D eigenvalue weighted by molar-refractivity contribution is -0.149. The fraction of sp³-hybridized carbons (Fsp3) is 0.667. The minimum Gasteiger partial charge on any atom is -0.462 e. The Kier molecular flexibility index (Phi) is 4.79. The molecule has 7 nitrogen and oxygen atoms in total. The number of rotatable bonds is 4. The summed E-state index contributed by atoms with van der Waals surface area (Å²) >= 11 is 4.73. The molecule has 1 saturated heterocycles. The normalized spacial score (nSPS) is 21.8. The van der Waals surface area contributed by atoms with E-state index in [1.165, 1.54) is 0 Å². The Labute approximate surface area is 105 Å². The van der Waals surface area contributed by atoms with E-state index >= 15 is 0 Å². The first kappa shape index (κ1) is 13.8. The van der Waals surface area contributed by atoms with Crippen molar-refractivity contribution in [2.75, 3.05) is 0 Å². The van der Waals surface area contributed by atoms with E-state index in [4.69, 9.17) is 17.0 Å². The van der Waals surface area contributed by atoms with E-state index in [0.29, 0.717) is 0 Å². The summed E-state index contributed by atoms with van der Waals surface area (Å²) in [6.45, 7) is 5.14. The molecule has 0 aromatic carbocycles. The Morgan fingerprint density at radius 1 is 1.47 bits per heavy atom. The van der Waals surface area contributed by atoms with E-state index in [9.17, 15) is 9.59 Å². The maximum absolute atomic E-state index is 11.5. The highest BCUT2D eigenvalue weighted by Gasteiger charge is 2.27. The highest BCUT2D eigenvalue weighted by Crippen LogP contribution is 1.96. The summed E-state index contributed by atoms with van der Waals surface area (Å²) in [6, 6.07) is -0.603. The van der Waals surface area contributed by atoms with Gasteiger partial charge >= 0.3 is 5.97 Å². The van der Waals surface area contributed by atoms with E-state index in [1.807, 2.05) is 0 Å². The fourth-order valence-electron chi connectivity index (χ4n) is 1.19. The standard InChI is InChI=1S/C9H16N4O3S/c1-4(2)16-8(15)5(3)10-6-7(14)11-9(17)13-12-6/h4-6,10,12H,1-3H3,(H2,11,13,14,17). The van der Waals surface area contributed by atoms with Gasteiger partial charge in [-0.15, -0.1) is 0 Å². The average Bonchev–Trinajstić information content (AvgIpc) is 2.21. The summed E-state index contributed by atoms with van der Waals surface area (Å²) in [5, 5.41) is 5.39. The molecule has 0 aromatic rings. The van der Waals surface area contributed by atoms with Gasteiger partial charge in [0.05, 0.1) is 6.10 Å². The van der Waals surface area contributed by atoms with Gasteiger partial charge in [-0.2, -0.15) is 0 Å². The number of nitrogens with one attached hydrogen (secondary N) is 4. The van der Waals surface area contributed by atoms with Crippen LogP contribution in [0.1, 0.15) is 20.8 Å². The zero-order chi connectivity index (χ0) is 13.0. The van der Waals surface area contributed by atoms with Crippen molar-refractivity contribution in [3.63, 3.8) is 0 Å². The van der Waals surface area contributed by atoms with Crippen LogP contribution in [0.15, 0.2) is 0 Å². The summed E-state index contributed by atoms with van der Waals surface area (Å²) in [6.07, 6.45) is -0.929. The number of carbonyl (C=O) groups excluding carboxylic acids is 2. The van der Waals surface area contributed by atoms with Gasteiger partial charge in [-0.25, -0.2) is 5.43 Å². The van der Waals surface area contributed by atoms with Crippen molar-refractivity contribution in [1.29, 1.82) is 0 Å². The zero-order valence-electron chi connectivity index (χ0n) is 9.87. The number of amides is 1. The Morgan fingerprint density at radius 3 is 2.65 bits per heavy atom. The molecule has 1 heterocycles. The molecule has 2 unspecified atom stereocenters. The van der Waals surface area contributed by atoms with Crippen LogP contribution in [0.25, 0.3) is 0 Å². The van der Waals surface area contributed by atoms with Gasteiger partial charge in [0, 0.05) is 0 Å². The molecule has 0 radical (unpaired) electrons. The second-order valence-electron chi connectivity index (χ2n) is 3.89. The first-order valence-electron chi connectivity index (χ1n) is 5.23. The lowest BCUT2D eigenvalue weighted by atomic mass is 10.3. The van der Waals surface area contributed by atoms with Gasteiger partial charge in [-0.05, 0) is 33.0 Å². The molecule has 1 aliphatic rings. The number of ether oxygens (including phenoxy) is 1. The van der Waals surface area contributed by atoms with E-state index in [1.54, 1.807) is 20.8 Å². The van der Waals surface area contributed by atoms with Gasteiger partial charge in [0.2, 0.25) is 0 Å². The molecule has 0 spiro atoms. The lowest BCUT2D eigenvalue weighted by Crippen LogP contribution is -2.68. The molecule has 0 aliphatic carbocycles. The summed E-state index contributed by atoms with van der Waals surface area (Å²) in [7, 11) is 0. The maximum atomic E-state index is 11.5. The van der Waals surface area contributed by atoms with Crippen molar-refractivity contribution in [3.05, 3.63) is 0 Å². The molecule has 4 N–H and O–H groups in total. The molecule has 17 heavy (non-hydrogen) atoms. The third-order valence-corrected chi connectivity index (χ3v) is 2.16. The smallest absolute Gasteiger partial charge is 0.323 e. The van der Waals surface area contributed by atoms with Gasteiger partial charge in [0.1, 0.15) is 6.04 Å². The predicted octanol–water partition coefficient (Wildman–Crippen LogP) is -1.25. The molecule has 0 bridgehead atoms. The quantitative estimate of drug-likeness (QED) is 0.371. The monoisotopic (exact) mass is 260 g/mol. The number of hydrazine groups is 1. The van der Waals surface area contributed by atoms with Crippen molar-refractivity contribution in [2.45, 2.75) is 39.1 Å².